The third-order valence-electron chi connectivity index (χ3n) is 7.91. The topological polar surface area (TPSA) is 90.4 Å². The molecule has 3 amide bonds. The van der Waals surface area contributed by atoms with E-state index in [4.69, 9.17) is 16.3 Å². The molecule has 0 radical (unpaired) electrons. The van der Waals surface area contributed by atoms with Gasteiger partial charge in [0.25, 0.3) is 5.91 Å². The molecular weight excluding hydrogens is 470 g/mol. The van der Waals surface area contributed by atoms with E-state index < -0.39 is 35.1 Å². The average molecular weight is 500 g/mol. The highest BCUT2D eigenvalue weighted by Gasteiger charge is 2.75. The van der Waals surface area contributed by atoms with Gasteiger partial charge in [0, 0.05) is 30.8 Å². The van der Waals surface area contributed by atoms with Gasteiger partial charge in [-0.25, -0.2) is 0 Å². The maximum Gasteiger partial charge on any atom is 0.253 e. The Balaban J connectivity index is 1.68. The number of fused-ring (bicyclic) bond motifs is 2. The molecule has 2 saturated heterocycles. The maximum absolute atomic E-state index is 14.2. The van der Waals surface area contributed by atoms with Crippen molar-refractivity contribution in [3.8, 4) is 0 Å². The number of halogens is 1. The molecule has 4 aliphatic rings. The molecular formula is C26H30ClN3O5. The number of carbonyl (C=O) groups excluding carboxylic acids is 3. The van der Waals surface area contributed by atoms with E-state index in [9.17, 15) is 19.5 Å². The van der Waals surface area contributed by atoms with E-state index in [1.54, 1.807) is 47.2 Å². The number of ether oxygens (including phenoxy) is 1. The lowest BCUT2D eigenvalue weighted by atomic mass is 9.74. The minimum atomic E-state index is -1.34. The Kier molecular flexibility index (Phi) is 5.81. The highest BCUT2D eigenvalue weighted by molar-refractivity contribution is 6.30. The summed E-state index contributed by atoms with van der Waals surface area (Å²) >= 11 is 6.07. The van der Waals surface area contributed by atoms with Crippen molar-refractivity contribution in [2.45, 2.75) is 43.6 Å². The van der Waals surface area contributed by atoms with Crippen molar-refractivity contribution >= 4 is 35.0 Å². The summed E-state index contributed by atoms with van der Waals surface area (Å²) < 4.78 is 6.73. The molecule has 9 heteroatoms. The summed E-state index contributed by atoms with van der Waals surface area (Å²) in [5.74, 6) is -2.52. The lowest BCUT2D eigenvalue weighted by Crippen LogP contribution is -2.58. The van der Waals surface area contributed by atoms with Crippen LogP contribution in [0.25, 0.3) is 0 Å². The van der Waals surface area contributed by atoms with Crippen LogP contribution >= 0.6 is 11.6 Å². The number of likely N-dealkylation sites (tertiary alicyclic amines) is 1. The van der Waals surface area contributed by atoms with Crippen LogP contribution in [0, 0.1) is 11.8 Å². The van der Waals surface area contributed by atoms with Gasteiger partial charge < -0.3 is 24.5 Å². The molecule has 1 aromatic rings. The summed E-state index contributed by atoms with van der Waals surface area (Å²) in [6, 6.07) is 5.33. The zero-order chi connectivity index (χ0) is 25.1. The summed E-state index contributed by atoms with van der Waals surface area (Å²) in [6.45, 7) is 4.08. The number of anilines is 1. The van der Waals surface area contributed by atoms with Crippen LogP contribution in [0.1, 0.15) is 20.3 Å². The maximum atomic E-state index is 14.2. The smallest absolute Gasteiger partial charge is 0.253 e. The van der Waals surface area contributed by atoms with E-state index >= 15 is 0 Å². The molecule has 8 nitrogen and oxygen atoms in total. The highest BCUT2D eigenvalue weighted by Crippen LogP contribution is 2.58. The van der Waals surface area contributed by atoms with Crippen molar-refractivity contribution in [3.63, 3.8) is 0 Å². The Bertz CT molecular complexity index is 1120. The molecule has 1 unspecified atom stereocenters. The third-order valence-corrected chi connectivity index (χ3v) is 8.16. The van der Waals surface area contributed by atoms with Gasteiger partial charge in [-0.3, -0.25) is 14.4 Å². The minimum absolute atomic E-state index is 0.190. The van der Waals surface area contributed by atoms with Crippen LogP contribution in [0.3, 0.4) is 0 Å². The second-order valence-electron chi connectivity index (χ2n) is 9.94. The van der Waals surface area contributed by atoms with Crippen LogP contribution in [0.15, 0.2) is 48.6 Å². The average Bonchev–Trinajstić information content (AvgIpc) is 3.11. The summed E-state index contributed by atoms with van der Waals surface area (Å²) in [5, 5.41) is 10.7. The minimum Gasteiger partial charge on any atom is -0.394 e. The van der Waals surface area contributed by atoms with Crippen molar-refractivity contribution in [1.29, 1.82) is 0 Å². The van der Waals surface area contributed by atoms with Crippen LogP contribution in [0.4, 0.5) is 5.69 Å². The van der Waals surface area contributed by atoms with Gasteiger partial charge in [-0.15, -0.1) is 0 Å². The van der Waals surface area contributed by atoms with Crippen molar-refractivity contribution in [1.82, 2.24) is 9.80 Å². The normalized spacial score (nSPS) is 35.1. The molecule has 35 heavy (non-hydrogen) atoms. The van der Waals surface area contributed by atoms with E-state index in [-0.39, 0.29) is 30.9 Å². The predicted molar refractivity (Wildman–Crippen MR) is 131 cm³/mol. The number of hydrogen-bond donors (Lipinski definition) is 1. The van der Waals surface area contributed by atoms with E-state index in [2.05, 4.69) is 0 Å². The molecule has 186 valence electrons. The lowest BCUT2D eigenvalue weighted by molar-refractivity contribution is -0.150. The number of aliphatic hydroxyl groups is 1. The number of nitrogens with zero attached hydrogens (tertiary/aromatic N) is 3. The molecule has 1 aromatic carbocycles. The zero-order valence-corrected chi connectivity index (χ0v) is 20.8. The zero-order valence-electron chi connectivity index (χ0n) is 20.1. The Morgan fingerprint density at radius 1 is 1.06 bits per heavy atom. The molecule has 4 heterocycles. The second kappa shape index (κ2) is 8.47. The first-order valence-electron chi connectivity index (χ1n) is 12.0. The molecule has 4 aliphatic heterocycles. The molecule has 0 aliphatic carbocycles. The Hall–Kier alpha value is -2.68. The van der Waals surface area contributed by atoms with E-state index in [1.807, 2.05) is 32.1 Å². The van der Waals surface area contributed by atoms with Gasteiger partial charge in [0.15, 0.2) is 0 Å². The van der Waals surface area contributed by atoms with Gasteiger partial charge in [-0.05, 0) is 37.6 Å². The van der Waals surface area contributed by atoms with Crippen LogP contribution in [0.5, 0.6) is 0 Å². The van der Waals surface area contributed by atoms with Gasteiger partial charge in [-0.2, -0.15) is 0 Å². The van der Waals surface area contributed by atoms with Crippen molar-refractivity contribution in [2.24, 2.45) is 11.8 Å². The number of aliphatic hydroxyl groups excluding tert-OH is 1. The molecule has 0 bridgehead atoms. The van der Waals surface area contributed by atoms with E-state index in [0.29, 0.717) is 23.7 Å². The first-order chi connectivity index (χ1) is 16.7. The standard InChI is InChI=1S/C26H30ClN3O5/c1-4-17(15-31)30-21-24(34)29(18-9-7-16(27)8-10-18)14-6-12-26(21)20(23(30)33)19-22(32)28(3)13-5-11-25(19,2)35-26/h5-12,17,19-21,31H,4,13-15H2,1-3H3/t17-,19-,20-,21?,25+,26-/m0/s1. The fourth-order valence-electron chi connectivity index (χ4n) is 6.24. The molecule has 1 N–H and O–H groups in total. The Labute approximate surface area is 209 Å². The number of carbonyl (C=O) groups is 3. The van der Waals surface area contributed by atoms with Gasteiger partial charge >= 0.3 is 0 Å². The summed E-state index contributed by atoms with van der Waals surface area (Å²) in [4.78, 5) is 46.6. The van der Waals surface area contributed by atoms with Crippen molar-refractivity contribution < 1.29 is 24.2 Å². The Morgan fingerprint density at radius 2 is 1.74 bits per heavy atom. The fraction of sp³-hybridized carbons (Fsp3) is 0.500. The molecule has 6 atom stereocenters. The Morgan fingerprint density at radius 3 is 2.40 bits per heavy atom. The second-order valence-corrected chi connectivity index (χ2v) is 10.4. The monoisotopic (exact) mass is 499 g/mol. The molecule has 2 fully saturated rings. The number of rotatable bonds is 4. The van der Waals surface area contributed by atoms with Crippen molar-refractivity contribution in [3.05, 3.63) is 53.6 Å². The van der Waals surface area contributed by atoms with Crippen LogP contribution in [-0.2, 0) is 19.1 Å². The van der Waals surface area contributed by atoms with Crippen molar-refractivity contribution in [2.75, 3.05) is 31.6 Å². The fourth-order valence-corrected chi connectivity index (χ4v) is 6.37. The van der Waals surface area contributed by atoms with Gasteiger partial charge in [0.1, 0.15) is 11.6 Å². The molecule has 0 aromatic heterocycles. The lowest BCUT2D eigenvalue weighted by Gasteiger charge is -2.40. The summed E-state index contributed by atoms with van der Waals surface area (Å²) in [7, 11) is 1.71. The first kappa shape index (κ1) is 24.0. The predicted octanol–water partition coefficient (Wildman–Crippen LogP) is 2.01. The van der Waals surface area contributed by atoms with Crippen LogP contribution in [0.2, 0.25) is 5.02 Å². The quantitative estimate of drug-likeness (QED) is 0.640. The number of amides is 3. The van der Waals surface area contributed by atoms with Crippen LogP contribution in [-0.4, -0.2) is 82.7 Å². The van der Waals surface area contributed by atoms with Gasteiger partial charge in [0.2, 0.25) is 11.8 Å². The third kappa shape index (κ3) is 3.37. The molecule has 1 spiro atoms. The number of hydrogen-bond acceptors (Lipinski definition) is 5. The van der Waals surface area contributed by atoms with Crippen LogP contribution < -0.4 is 4.90 Å². The van der Waals surface area contributed by atoms with E-state index in [0.717, 1.165) is 0 Å². The first-order valence-corrected chi connectivity index (χ1v) is 12.4. The van der Waals surface area contributed by atoms with Gasteiger partial charge in [0.05, 0.1) is 30.1 Å². The number of likely N-dealkylation sites (N-methyl/N-ethyl adjacent to an activating group) is 1. The molecule has 5 rings (SSSR count). The van der Waals surface area contributed by atoms with E-state index in [1.165, 1.54) is 4.90 Å². The molecule has 0 saturated carbocycles. The highest BCUT2D eigenvalue weighted by atomic mass is 35.5. The summed E-state index contributed by atoms with van der Waals surface area (Å²) in [5.41, 5.74) is -1.74. The number of benzene rings is 1. The SMILES string of the molecule is CC[C@@H](CO)N1C(=O)[C@@H]2[C@H]3C(=O)N(C)CC=C[C@@]3(C)O[C@@]23C=CCN(c2ccc(Cl)cc2)C(=O)C13. The largest absolute Gasteiger partial charge is 0.394 e. The summed E-state index contributed by atoms with van der Waals surface area (Å²) in [6.07, 6.45) is 7.82. The van der Waals surface area contributed by atoms with Gasteiger partial charge in [-0.1, -0.05) is 42.8 Å².